The van der Waals surface area contributed by atoms with E-state index in [9.17, 15) is 9.59 Å². The molecule has 4 aliphatic rings. The van der Waals surface area contributed by atoms with Gasteiger partial charge in [0.25, 0.3) is 5.56 Å². The van der Waals surface area contributed by atoms with Gasteiger partial charge in [0.1, 0.15) is 0 Å². The number of nitrogens with zero attached hydrogens (tertiary/aromatic N) is 4. The normalized spacial score (nSPS) is 29.9. The van der Waals surface area contributed by atoms with Gasteiger partial charge in [-0.3, -0.25) is 19.1 Å². The smallest absolute Gasteiger partial charge is 0.319 e. The Morgan fingerprint density at radius 1 is 1.00 bits per heavy atom. The Balaban J connectivity index is 1.23. The van der Waals surface area contributed by atoms with Gasteiger partial charge in [0.05, 0.1) is 30.2 Å². The van der Waals surface area contributed by atoms with E-state index in [1.807, 2.05) is 25.1 Å². The molecule has 8 nitrogen and oxygen atoms in total. The quantitative estimate of drug-likeness (QED) is 0.534. The number of piperidine rings is 1. The molecule has 0 amide bonds. The molecular weight excluding hydrogens is 490 g/mol. The van der Waals surface area contributed by atoms with Crippen LogP contribution in [-0.4, -0.2) is 71.8 Å². The van der Waals surface area contributed by atoms with Crippen molar-refractivity contribution in [1.82, 2.24) is 19.8 Å². The van der Waals surface area contributed by atoms with Crippen LogP contribution in [0.4, 0.5) is 5.82 Å². The van der Waals surface area contributed by atoms with Crippen LogP contribution < -0.4 is 15.8 Å². The molecule has 0 radical (unpaired) electrons. The molecule has 4 unspecified atom stereocenters. The van der Waals surface area contributed by atoms with Gasteiger partial charge < -0.3 is 15.0 Å². The van der Waals surface area contributed by atoms with Gasteiger partial charge >= 0.3 is 5.97 Å². The first-order valence-electron chi connectivity index (χ1n) is 15.5. The average molecular weight is 536 g/mol. The maximum absolute atomic E-state index is 14.2. The highest BCUT2D eigenvalue weighted by Crippen LogP contribution is 2.44. The number of nitrogens with one attached hydrogen (secondary N) is 1. The second-order valence-electron chi connectivity index (χ2n) is 12.2. The van der Waals surface area contributed by atoms with Gasteiger partial charge in [-0.1, -0.05) is 44.2 Å². The monoisotopic (exact) mass is 535 g/mol. The molecule has 3 aliphatic heterocycles. The number of benzene rings is 1. The molecule has 1 saturated carbocycles. The Morgan fingerprint density at radius 2 is 1.79 bits per heavy atom. The molecule has 2 bridgehead atoms. The van der Waals surface area contributed by atoms with E-state index in [-0.39, 0.29) is 30.2 Å². The number of carbonyl (C=O) groups excluding carboxylic acids is 1. The fraction of sp³-hybridized carbons (Fsp3) is 0.710. The number of hydrogen-bond donors (Lipinski definition) is 1. The topological polar surface area (TPSA) is 79.7 Å². The largest absolute Gasteiger partial charge is 0.465 e. The maximum Gasteiger partial charge on any atom is 0.319 e. The highest BCUT2D eigenvalue weighted by atomic mass is 16.5. The summed E-state index contributed by atoms with van der Waals surface area (Å²) in [5.74, 6) is 1.82. The second kappa shape index (κ2) is 12.0. The van der Waals surface area contributed by atoms with Crippen LogP contribution in [0.3, 0.4) is 0 Å². The minimum absolute atomic E-state index is 0.0368. The summed E-state index contributed by atoms with van der Waals surface area (Å²) >= 11 is 0. The molecule has 8 heteroatoms. The average Bonchev–Trinajstić information content (AvgIpc) is 3.49. The number of carbonyl (C=O) groups is 1. The zero-order valence-electron chi connectivity index (χ0n) is 23.5. The third kappa shape index (κ3) is 5.60. The van der Waals surface area contributed by atoms with Crippen LogP contribution in [-0.2, 0) is 9.53 Å². The summed E-state index contributed by atoms with van der Waals surface area (Å²) in [7, 11) is 0. The lowest BCUT2D eigenvalue weighted by molar-refractivity contribution is -0.142. The van der Waals surface area contributed by atoms with E-state index in [0.717, 1.165) is 42.9 Å². The van der Waals surface area contributed by atoms with Gasteiger partial charge in [0.2, 0.25) is 0 Å². The van der Waals surface area contributed by atoms with E-state index in [0.29, 0.717) is 30.9 Å². The van der Waals surface area contributed by atoms with Crippen molar-refractivity contribution in [1.29, 1.82) is 0 Å². The van der Waals surface area contributed by atoms with Gasteiger partial charge in [-0.15, -0.1) is 0 Å². The van der Waals surface area contributed by atoms with Gasteiger partial charge in [-0.2, -0.15) is 0 Å². The van der Waals surface area contributed by atoms with Crippen molar-refractivity contribution in [3.8, 4) is 0 Å². The number of ether oxygens (including phenoxy) is 1. The fourth-order valence-electron chi connectivity index (χ4n) is 8.08. The van der Waals surface area contributed by atoms with Crippen LogP contribution in [0.2, 0.25) is 0 Å². The Kier molecular flexibility index (Phi) is 8.21. The minimum atomic E-state index is -0.234. The second-order valence-corrected chi connectivity index (χ2v) is 12.2. The van der Waals surface area contributed by atoms with Gasteiger partial charge in [0, 0.05) is 31.7 Å². The molecule has 212 valence electrons. The number of esters is 1. The first-order valence-corrected chi connectivity index (χ1v) is 15.5. The van der Waals surface area contributed by atoms with Crippen molar-refractivity contribution < 1.29 is 9.53 Å². The molecule has 4 heterocycles. The van der Waals surface area contributed by atoms with E-state index in [4.69, 9.17) is 9.72 Å². The molecule has 1 aliphatic carbocycles. The third-order valence-corrected chi connectivity index (χ3v) is 9.82. The summed E-state index contributed by atoms with van der Waals surface area (Å²) in [5.41, 5.74) is 1.88. The summed E-state index contributed by atoms with van der Waals surface area (Å²) in [4.78, 5) is 35.7. The Labute approximate surface area is 232 Å². The molecule has 39 heavy (non-hydrogen) atoms. The highest BCUT2D eigenvalue weighted by molar-refractivity contribution is 5.76. The van der Waals surface area contributed by atoms with E-state index < -0.39 is 0 Å². The van der Waals surface area contributed by atoms with Crippen molar-refractivity contribution in [2.45, 2.75) is 89.3 Å². The summed E-state index contributed by atoms with van der Waals surface area (Å²) in [5, 5.41) is 3.31. The van der Waals surface area contributed by atoms with E-state index in [1.165, 1.54) is 57.9 Å². The maximum atomic E-state index is 14.2. The van der Waals surface area contributed by atoms with Crippen molar-refractivity contribution in [2.75, 3.05) is 44.2 Å². The van der Waals surface area contributed by atoms with Crippen molar-refractivity contribution >= 4 is 22.8 Å². The van der Waals surface area contributed by atoms with Crippen molar-refractivity contribution in [3.63, 3.8) is 0 Å². The Bertz CT molecular complexity index is 1190. The predicted octanol–water partition coefficient (Wildman–Crippen LogP) is 4.12. The molecule has 6 rings (SSSR count). The van der Waals surface area contributed by atoms with Crippen molar-refractivity contribution in [2.24, 2.45) is 11.8 Å². The van der Waals surface area contributed by atoms with Crippen LogP contribution in [0.1, 0.15) is 77.2 Å². The molecule has 1 aromatic heterocycles. The molecule has 1 N–H and O–H groups in total. The van der Waals surface area contributed by atoms with Crippen LogP contribution in [0, 0.1) is 11.8 Å². The van der Waals surface area contributed by atoms with Gasteiger partial charge in [-0.25, -0.2) is 4.98 Å². The first-order chi connectivity index (χ1) is 19.1. The lowest BCUT2D eigenvalue weighted by atomic mass is 9.76. The van der Waals surface area contributed by atoms with Crippen molar-refractivity contribution in [3.05, 3.63) is 34.6 Å². The number of anilines is 1. The van der Waals surface area contributed by atoms with E-state index in [2.05, 4.69) is 25.8 Å². The minimum Gasteiger partial charge on any atom is -0.465 e. The molecule has 5 atom stereocenters. The van der Waals surface area contributed by atoms with Crippen LogP contribution in [0.5, 0.6) is 0 Å². The van der Waals surface area contributed by atoms with Crippen LogP contribution >= 0.6 is 0 Å². The molecule has 1 aromatic carbocycles. The summed E-state index contributed by atoms with van der Waals surface area (Å²) in [6.07, 6.45) is 13.0. The van der Waals surface area contributed by atoms with Gasteiger partial charge in [0.15, 0.2) is 5.82 Å². The Hall–Kier alpha value is -2.45. The summed E-state index contributed by atoms with van der Waals surface area (Å²) in [6, 6.07) is 9.17. The molecule has 4 fully saturated rings. The van der Waals surface area contributed by atoms with Crippen LogP contribution in [0.25, 0.3) is 11.0 Å². The molecule has 0 spiro atoms. The number of fused-ring (bicyclic) bond motifs is 3. The summed E-state index contributed by atoms with van der Waals surface area (Å²) < 4.78 is 7.15. The SMILES string of the molecule is CCOC(=O)CN[C@H]1CCN(c2nc3ccccc3n(C3CC4CCN(C3)C4C3CCCCCCC3)c2=O)C1. The number of hydrogen-bond acceptors (Lipinski definition) is 7. The van der Waals surface area contributed by atoms with E-state index in [1.54, 1.807) is 0 Å². The van der Waals surface area contributed by atoms with E-state index >= 15 is 0 Å². The predicted molar refractivity (Wildman–Crippen MR) is 154 cm³/mol. The lowest BCUT2D eigenvalue weighted by Crippen LogP contribution is -2.48. The van der Waals surface area contributed by atoms with Gasteiger partial charge in [-0.05, 0) is 69.5 Å². The summed E-state index contributed by atoms with van der Waals surface area (Å²) in [6.45, 7) is 5.97. The zero-order chi connectivity index (χ0) is 26.8. The number of aromatic nitrogens is 2. The standard InChI is InChI=1S/C31H45N5O3/c1-2-39-28(37)19-32-24-15-17-35(20-24)30-31(38)36(27-13-9-8-12-26(27)33-30)25-18-23-14-16-34(21-25)29(23)22-10-6-4-3-5-7-11-22/h8-9,12-13,22-25,29,32H,2-7,10-11,14-21H2,1H3/t23?,24-,25?,29?/m0/s1. The zero-order valence-corrected chi connectivity index (χ0v) is 23.5. The Morgan fingerprint density at radius 3 is 2.59 bits per heavy atom. The molecular formula is C31H45N5O3. The molecule has 2 aromatic rings. The van der Waals surface area contributed by atoms with Crippen LogP contribution in [0.15, 0.2) is 29.1 Å². The fourth-order valence-corrected chi connectivity index (χ4v) is 8.08. The number of rotatable bonds is 7. The number of para-hydroxylation sites is 2. The molecule has 3 saturated heterocycles. The third-order valence-electron chi connectivity index (χ3n) is 9.82. The first kappa shape index (κ1) is 26.8. The lowest BCUT2D eigenvalue weighted by Gasteiger charge is -2.43. The highest BCUT2D eigenvalue weighted by Gasteiger charge is 2.45.